The van der Waals surface area contributed by atoms with Gasteiger partial charge in [-0.25, -0.2) is 0 Å². The Morgan fingerprint density at radius 2 is 1.96 bits per heavy atom. The molecule has 1 unspecified atom stereocenters. The normalized spacial score (nSPS) is 18.3. The van der Waals surface area contributed by atoms with Crippen LogP contribution in [0.3, 0.4) is 0 Å². The van der Waals surface area contributed by atoms with Gasteiger partial charge in [0.25, 0.3) is 0 Å². The number of hydrogen-bond donors (Lipinski definition) is 3. The van der Waals surface area contributed by atoms with E-state index in [4.69, 9.17) is 9.73 Å². The predicted octanol–water partition coefficient (Wildman–Crippen LogP) is 2.97. The van der Waals surface area contributed by atoms with Crippen LogP contribution in [-0.4, -0.2) is 54.4 Å². The molecule has 3 N–H and O–H groups in total. The summed E-state index contributed by atoms with van der Waals surface area (Å²) in [6.07, 6.45) is 2.31. The van der Waals surface area contributed by atoms with Gasteiger partial charge in [-0.2, -0.15) is 11.8 Å². The fourth-order valence-electron chi connectivity index (χ4n) is 3.13. The van der Waals surface area contributed by atoms with E-state index in [0.29, 0.717) is 13.0 Å². The highest BCUT2D eigenvalue weighted by Crippen LogP contribution is 2.35. The van der Waals surface area contributed by atoms with Gasteiger partial charge in [-0.05, 0) is 37.5 Å². The van der Waals surface area contributed by atoms with Gasteiger partial charge in [0.05, 0.1) is 12.6 Å². The Labute approximate surface area is 162 Å². The highest BCUT2D eigenvalue weighted by molar-refractivity contribution is 8.00. The fourth-order valence-corrected chi connectivity index (χ4v) is 4.36. The van der Waals surface area contributed by atoms with E-state index in [1.165, 1.54) is 0 Å². The summed E-state index contributed by atoms with van der Waals surface area (Å²) in [5.41, 5.74) is 0.955. The molecule has 0 spiro atoms. The van der Waals surface area contributed by atoms with Crippen molar-refractivity contribution < 1.29 is 9.84 Å². The fraction of sp³-hybridized carbons (Fsp3) is 0.650. The van der Waals surface area contributed by atoms with E-state index in [-0.39, 0.29) is 4.75 Å². The molecule has 0 radical (unpaired) electrons. The van der Waals surface area contributed by atoms with Crippen molar-refractivity contribution in [3.05, 3.63) is 35.9 Å². The van der Waals surface area contributed by atoms with Crippen LogP contribution < -0.4 is 10.6 Å². The molecule has 146 valence electrons. The standard InChI is InChI=1S/C20H33N3O2S/c1-3-21-19(22-13-10-18(24)17-8-6-5-7-9-17)23-16-20(26-4-2)11-14-25-15-12-20/h5-9,18,24H,3-4,10-16H2,1-2H3,(H2,21,22,23). The Kier molecular flexibility index (Phi) is 9.29. The zero-order chi connectivity index (χ0) is 18.7. The minimum Gasteiger partial charge on any atom is -0.388 e. The van der Waals surface area contributed by atoms with Gasteiger partial charge in [0.15, 0.2) is 5.96 Å². The quantitative estimate of drug-likeness (QED) is 0.455. The molecule has 1 aliphatic rings. The number of nitrogens with one attached hydrogen (secondary N) is 2. The molecule has 1 saturated heterocycles. The van der Waals surface area contributed by atoms with Crippen LogP contribution in [-0.2, 0) is 4.74 Å². The van der Waals surface area contributed by atoms with Gasteiger partial charge >= 0.3 is 0 Å². The van der Waals surface area contributed by atoms with Crippen LogP contribution in [0.5, 0.6) is 0 Å². The van der Waals surface area contributed by atoms with Gasteiger partial charge in [0, 0.05) is 31.1 Å². The van der Waals surface area contributed by atoms with Gasteiger partial charge in [-0.15, -0.1) is 0 Å². The summed E-state index contributed by atoms with van der Waals surface area (Å²) in [4.78, 5) is 4.83. The molecule has 1 heterocycles. The number of nitrogens with zero attached hydrogens (tertiary/aromatic N) is 1. The summed E-state index contributed by atoms with van der Waals surface area (Å²) in [6.45, 7) is 8.24. The third-order valence-electron chi connectivity index (χ3n) is 4.62. The van der Waals surface area contributed by atoms with Crippen molar-refractivity contribution in [3.8, 4) is 0 Å². The van der Waals surface area contributed by atoms with Crippen molar-refractivity contribution >= 4 is 17.7 Å². The summed E-state index contributed by atoms with van der Waals surface area (Å²) in [5, 5.41) is 17.0. The number of aliphatic imine (C=N–C) groups is 1. The molecule has 5 nitrogen and oxygen atoms in total. The van der Waals surface area contributed by atoms with Crippen molar-refractivity contribution in [1.29, 1.82) is 0 Å². The van der Waals surface area contributed by atoms with Gasteiger partial charge in [-0.3, -0.25) is 4.99 Å². The van der Waals surface area contributed by atoms with E-state index in [2.05, 4.69) is 24.5 Å². The second kappa shape index (κ2) is 11.5. The molecular weight excluding hydrogens is 346 g/mol. The number of aliphatic hydroxyl groups is 1. The first kappa shape index (κ1) is 21.1. The molecule has 2 rings (SSSR count). The number of benzene rings is 1. The molecule has 1 fully saturated rings. The van der Waals surface area contributed by atoms with E-state index >= 15 is 0 Å². The van der Waals surface area contributed by atoms with Gasteiger partial charge in [-0.1, -0.05) is 37.3 Å². The van der Waals surface area contributed by atoms with Crippen molar-refractivity contribution in [2.75, 3.05) is 38.6 Å². The number of rotatable bonds is 9. The molecule has 1 aliphatic heterocycles. The summed E-state index contributed by atoms with van der Waals surface area (Å²) in [6, 6.07) is 9.79. The molecule has 6 heteroatoms. The molecule has 0 bridgehead atoms. The third kappa shape index (κ3) is 6.82. The average Bonchev–Trinajstić information content (AvgIpc) is 2.68. The highest BCUT2D eigenvalue weighted by Gasteiger charge is 2.32. The number of guanidine groups is 1. The summed E-state index contributed by atoms with van der Waals surface area (Å²) in [7, 11) is 0. The van der Waals surface area contributed by atoms with Crippen LogP contribution in [0.15, 0.2) is 35.3 Å². The highest BCUT2D eigenvalue weighted by atomic mass is 32.2. The minimum atomic E-state index is -0.455. The Morgan fingerprint density at radius 1 is 1.23 bits per heavy atom. The SMILES string of the molecule is CCNC(=NCC1(SCC)CCOCC1)NCCC(O)c1ccccc1. The maximum atomic E-state index is 10.3. The zero-order valence-corrected chi connectivity index (χ0v) is 16.9. The van der Waals surface area contributed by atoms with E-state index in [9.17, 15) is 5.11 Å². The summed E-state index contributed by atoms with van der Waals surface area (Å²) in [5.74, 6) is 1.93. The molecule has 0 amide bonds. The van der Waals surface area contributed by atoms with Crippen molar-refractivity contribution in [2.45, 2.75) is 44.0 Å². The zero-order valence-electron chi connectivity index (χ0n) is 16.0. The first-order chi connectivity index (χ1) is 12.7. The van der Waals surface area contributed by atoms with Crippen molar-refractivity contribution in [1.82, 2.24) is 10.6 Å². The summed E-state index contributed by atoms with van der Waals surface area (Å²) < 4.78 is 5.73. The lowest BCUT2D eigenvalue weighted by Gasteiger charge is -2.35. The molecule has 1 aromatic carbocycles. The lowest BCUT2D eigenvalue weighted by Crippen LogP contribution is -2.41. The molecule has 1 atom stereocenters. The van der Waals surface area contributed by atoms with E-state index in [0.717, 1.165) is 56.4 Å². The first-order valence-electron chi connectivity index (χ1n) is 9.66. The van der Waals surface area contributed by atoms with Gasteiger partial charge < -0.3 is 20.5 Å². The Bertz CT molecular complexity index is 528. The van der Waals surface area contributed by atoms with Gasteiger partial charge in [0.2, 0.25) is 0 Å². The Hall–Kier alpha value is -1.24. The monoisotopic (exact) mass is 379 g/mol. The van der Waals surface area contributed by atoms with E-state index in [1.54, 1.807) is 0 Å². The van der Waals surface area contributed by atoms with Crippen LogP contribution in [0, 0.1) is 0 Å². The number of aliphatic hydroxyl groups excluding tert-OH is 1. The lowest BCUT2D eigenvalue weighted by atomic mass is 9.99. The first-order valence-corrected chi connectivity index (χ1v) is 10.6. The second-order valence-electron chi connectivity index (χ2n) is 6.57. The summed E-state index contributed by atoms with van der Waals surface area (Å²) >= 11 is 2.00. The topological polar surface area (TPSA) is 65.9 Å². The second-order valence-corrected chi connectivity index (χ2v) is 8.30. The molecule has 0 aliphatic carbocycles. The molecule has 1 aromatic rings. The maximum Gasteiger partial charge on any atom is 0.191 e. The van der Waals surface area contributed by atoms with Crippen LogP contribution in [0.1, 0.15) is 44.8 Å². The predicted molar refractivity (Wildman–Crippen MR) is 111 cm³/mol. The maximum absolute atomic E-state index is 10.3. The van der Waals surface area contributed by atoms with Crippen molar-refractivity contribution in [3.63, 3.8) is 0 Å². The van der Waals surface area contributed by atoms with Crippen LogP contribution in [0.4, 0.5) is 0 Å². The van der Waals surface area contributed by atoms with Gasteiger partial charge in [0.1, 0.15) is 0 Å². The Morgan fingerprint density at radius 3 is 2.62 bits per heavy atom. The van der Waals surface area contributed by atoms with Crippen LogP contribution in [0.25, 0.3) is 0 Å². The van der Waals surface area contributed by atoms with E-state index in [1.807, 2.05) is 42.1 Å². The van der Waals surface area contributed by atoms with Crippen molar-refractivity contribution in [2.24, 2.45) is 4.99 Å². The Balaban J connectivity index is 1.87. The molecule has 0 aromatic heterocycles. The number of hydrogen-bond acceptors (Lipinski definition) is 4. The van der Waals surface area contributed by atoms with Crippen LogP contribution >= 0.6 is 11.8 Å². The minimum absolute atomic E-state index is 0.193. The van der Waals surface area contributed by atoms with Crippen LogP contribution in [0.2, 0.25) is 0 Å². The average molecular weight is 380 g/mol. The van der Waals surface area contributed by atoms with E-state index < -0.39 is 6.10 Å². The smallest absolute Gasteiger partial charge is 0.191 e. The largest absolute Gasteiger partial charge is 0.388 e. The molecule has 0 saturated carbocycles. The molecule has 26 heavy (non-hydrogen) atoms. The number of ether oxygens (including phenoxy) is 1. The lowest BCUT2D eigenvalue weighted by molar-refractivity contribution is 0.0793. The third-order valence-corrected chi connectivity index (χ3v) is 6.06. The molecular formula is C20H33N3O2S. The number of thioether (sulfide) groups is 1.